The first-order chi connectivity index (χ1) is 14.5. The van der Waals surface area contributed by atoms with Crippen molar-refractivity contribution >= 4 is 23.3 Å². The lowest BCUT2D eigenvalue weighted by atomic mass is 9.87. The summed E-state index contributed by atoms with van der Waals surface area (Å²) in [5, 5.41) is 8.09. The third kappa shape index (κ3) is 4.00. The van der Waals surface area contributed by atoms with Crippen molar-refractivity contribution in [2.75, 3.05) is 19.0 Å². The lowest BCUT2D eigenvalue weighted by molar-refractivity contribution is -0.116. The maximum absolute atomic E-state index is 12.5. The Labute approximate surface area is 180 Å². The molecule has 0 unspecified atom stereocenters. The molecule has 0 saturated heterocycles. The third-order valence-corrected chi connectivity index (χ3v) is 5.27. The van der Waals surface area contributed by atoms with Gasteiger partial charge in [0.2, 0.25) is 5.91 Å². The predicted octanol–water partition coefficient (Wildman–Crippen LogP) is 5.04. The molecule has 0 aliphatic carbocycles. The molecule has 0 radical (unpaired) electrons. The molecule has 1 atom stereocenters. The number of aromatic nitrogens is 2. The number of hydrogen-bond donors (Lipinski definition) is 1. The highest BCUT2D eigenvalue weighted by Gasteiger charge is 2.31. The van der Waals surface area contributed by atoms with Crippen LogP contribution in [0.2, 0.25) is 5.02 Å². The van der Waals surface area contributed by atoms with Crippen LogP contribution in [-0.4, -0.2) is 29.4 Å². The number of benzene rings is 2. The van der Waals surface area contributed by atoms with Crippen molar-refractivity contribution in [1.29, 1.82) is 0 Å². The van der Waals surface area contributed by atoms with E-state index in [1.165, 1.54) is 0 Å². The van der Waals surface area contributed by atoms with E-state index in [0.717, 1.165) is 16.8 Å². The Morgan fingerprint density at radius 2 is 2.07 bits per heavy atom. The van der Waals surface area contributed by atoms with Crippen molar-refractivity contribution in [3.05, 3.63) is 64.8 Å². The van der Waals surface area contributed by atoms with E-state index in [2.05, 4.69) is 24.3 Å². The number of nitrogens with one attached hydrogen (secondary N) is 1. The lowest BCUT2D eigenvalue weighted by Gasteiger charge is -2.24. The van der Waals surface area contributed by atoms with Crippen LogP contribution < -0.4 is 14.8 Å². The number of anilines is 1. The van der Waals surface area contributed by atoms with Gasteiger partial charge in [-0.1, -0.05) is 37.6 Å². The van der Waals surface area contributed by atoms with E-state index < -0.39 is 0 Å². The third-order valence-electron chi connectivity index (χ3n) is 5.04. The number of carbonyl (C=O) groups is 1. The van der Waals surface area contributed by atoms with E-state index >= 15 is 0 Å². The zero-order chi connectivity index (χ0) is 21.3. The van der Waals surface area contributed by atoms with E-state index in [1.807, 2.05) is 36.4 Å². The Kier molecular flexibility index (Phi) is 5.68. The molecule has 156 valence electrons. The molecule has 3 aromatic rings. The van der Waals surface area contributed by atoms with Gasteiger partial charge in [0.25, 0.3) is 0 Å². The highest BCUT2D eigenvalue weighted by Crippen LogP contribution is 2.41. The Balaban J connectivity index is 1.71. The molecule has 0 spiro atoms. The number of fused-ring (bicyclic) bond motifs is 1. The normalized spacial score (nSPS) is 15.6. The molecule has 2 heterocycles. The topological polar surface area (TPSA) is 65.4 Å². The van der Waals surface area contributed by atoms with Gasteiger partial charge in [0.15, 0.2) is 11.5 Å². The van der Waals surface area contributed by atoms with Crippen LogP contribution in [0, 0.1) is 5.92 Å². The van der Waals surface area contributed by atoms with Crippen molar-refractivity contribution in [2.45, 2.75) is 26.2 Å². The number of halogens is 1. The summed E-state index contributed by atoms with van der Waals surface area (Å²) < 4.78 is 13.1. The highest BCUT2D eigenvalue weighted by molar-refractivity contribution is 6.30. The SMILES string of the molecule is COc1cc([C@@H]2CC(=O)Nc3c2cnn3-c2cccc(Cl)c2)ccc1OCC(C)C. The van der Waals surface area contributed by atoms with Gasteiger partial charge in [-0.2, -0.15) is 5.10 Å². The second-order valence-electron chi connectivity index (χ2n) is 7.76. The molecule has 6 nitrogen and oxygen atoms in total. The highest BCUT2D eigenvalue weighted by atomic mass is 35.5. The predicted molar refractivity (Wildman–Crippen MR) is 117 cm³/mol. The largest absolute Gasteiger partial charge is 0.493 e. The van der Waals surface area contributed by atoms with Gasteiger partial charge < -0.3 is 14.8 Å². The number of methoxy groups -OCH3 is 1. The van der Waals surface area contributed by atoms with E-state index in [4.69, 9.17) is 21.1 Å². The summed E-state index contributed by atoms with van der Waals surface area (Å²) in [4.78, 5) is 12.5. The van der Waals surface area contributed by atoms with Crippen molar-refractivity contribution in [1.82, 2.24) is 9.78 Å². The first kappa shape index (κ1) is 20.3. The summed E-state index contributed by atoms with van der Waals surface area (Å²) in [6.45, 7) is 4.80. The molecule has 0 bridgehead atoms. The minimum atomic E-state index is -0.130. The maximum atomic E-state index is 12.5. The van der Waals surface area contributed by atoms with E-state index in [-0.39, 0.29) is 11.8 Å². The fourth-order valence-electron chi connectivity index (χ4n) is 3.60. The Morgan fingerprint density at radius 3 is 2.80 bits per heavy atom. The molecule has 1 aliphatic rings. The van der Waals surface area contributed by atoms with Crippen LogP contribution in [0.5, 0.6) is 11.5 Å². The second-order valence-corrected chi connectivity index (χ2v) is 8.20. The number of carbonyl (C=O) groups excluding carboxylic acids is 1. The average Bonchev–Trinajstić information content (AvgIpc) is 3.15. The molecule has 1 amide bonds. The second kappa shape index (κ2) is 8.40. The molecular weight excluding hydrogens is 402 g/mol. The number of hydrogen-bond acceptors (Lipinski definition) is 4. The van der Waals surface area contributed by atoms with Gasteiger partial charge >= 0.3 is 0 Å². The van der Waals surface area contributed by atoms with Crippen LogP contribution in [0.4, 0.5) is 5.82 Å². The summed E-state index contributed by atoms with van der Waals surface area (Å²) in [6, 6.07) is 13.2. The van der Waals surface area contributed by atoms with E-state index in [9.17, 15) is 4.79 Å². The summed E-state index contributed by atoms with van der Waals surface area (Å²) in [5.74, 6) is 2.24. The standard InChI is InChI=1S/C23H24ClN3O3/c1-14(2)13-30-20-8-7-15(9-21(20)29-3)18-11-22(28)26-23-19(18)12-25-27(23)17-6-4-5-16(24)10-17/h4-10,12,14,18H,11,13H2,1-3H3,(H,26,28)/t18-/m0/s1. The zero-order valence-electron chi connectivity index (χ0n) is 17.2. The summed E-state index contributed by atoms with van der Waals surface area (Å²) in [5.41, 5.74) is 2.72. The smallest absolute Gasteiger partial charge is 0.226 e. The molecule has 1 N–H and O–H groups in total. The van der Waals surface area contributed by atoms with Gasteiger partial charge in [-0.3, -0.25) is 4.79 Å². The minimum absolute atomic E-state index is 0.0598. The number of amides is 1. The van der Waals surface area contributed by atoms with Gasteiger partial charge in [-0.25, -0.2) is 4.68 Å². The van der Waals surface area contributed by atoms with Crippen LogP contribution in [0.25, 0.3) is 5.69 Å². The molecule has 2 aromatic carbocycles. The van der Waals surface area contributed by atoms with Gasteiger partial charge in [-0.15, -0.1) is 0 Å². The fourth-order valence-corrected chi connectivity index (χ4v) is 3.78. The van der Waals surface area contributed by atoms with Gasteiger partial charge in [0.1, 0.15) is 5.82 Å². The average molecular weight is 426 g/mol. The number of rotatable bonds is 6. The molecule has 1 aromatic heterocycles. The van der Waals surface area contributed by atoms with E-state index in [1.54, 1.807) is 24.1 Å². The molecular formula is C23H24ClN3O3. The molecule has 30 heavy (non-hydrogen) atoms. The Hall–Kier alpha value is -2.99. The lowest BCUT2D eigenvalue weighted by Crippen LogP contribution is -2.24. The Bertz CT molecular complexity index is 1080. The molecule has 7 heteroatoms. The summed E-state index contributed by atoms with van der Waals surface area (Å²) in [6.07, 6.45) is 2.14. The fraction of sp³-hybridized carbons (Fsp3) is 0.304. The first-order valence-corrected chi connectivity index (χ1v) is 10.3. The monoisotopic (exact) mass is 425 g/mol. The first-order valence-electron chi connectivity index (χ1n) is 9.90. The zero-order valence-corrected chi connectivity index (χ0v) is 17.9. The van der Waals surface area contributed by atoms with Crippen molar-refractivity contribution < 1.29 is 14.3 Å². The van der Waals surface area contributed by atoms with Crippen molar-refractivity contribution in [3.8, 4) is 17.2 Å². The van der Waals surface area contributed by atoms with E-state index in [0.29, 0.717) is 41.3 Å². The van der Waals surface area contributed by atoms with Crippen molar-refractivity contribution in [3.63, 3.8) is 0 Å². The van der Waals surface area contributed by atoms with Crippen LogP contribution in [0.3, 0.4) is 0 Å². The Morgan fingerprint density at radius 1 is 1.23 bits per heavy atom. The van der Waals surface area contributed by atoms with Crippen molar-refractivity contribution in [2.24, 2.45) is 5.92 Å². The molecule has 1 aliphatic heterocycles. The molecule has 0 fully saturated rings. The van der Waals surface area contributed by atoms with Crippen LogP contribution in [0.15, 0.2) is 48.7 Å². The maximum Gasteiger partial charge on any atom is 0.226 e. The van der Waals surface area contributed by atoms with Gasteiger partial charge in [0.05, 0.1) is 25.6 Å². The van der Waals surface area contributed by atoms with Gasteiger partial charge in [-0.05, 0) is 41.8 Å². The van der Waals surface area contributed by atoms with Crippen LogP contribution in [-0.2, 0) is 4.79 Å². The van der Waals surface area contributed by atoms with Crippen LogP contribution >= 0.6 is 11.6 Å². The minimum Gasteiger partial charge on any atom is -0.493 e. The summed E-state index contributed by atoms with van der Waals surface area (Å²) in [7, 11) is 1.62. The molecule has 4 rings (SSSR count). The number of ether oxygens (including phenoxy) is 2. The van der Waals surface area contributed by atoms with Crippen LogP contribution in [0.1, 0.15) is 37.3 Å². The molecule has 0 saturated carbocycles. The number of nitrogens with zero attached hydrogens (tertiary/aromatic N) is 2. The quantitative estimate of drug-likeness (QED) is 0.600. The van der Waals surface area contributed by atoms with Gasteiger partial charge in [0, 0.05) is 22.9 Å². The summed E-state index contributed by atoms with van der Waals surface area (Å²) >= 11 is 6.14.